The number of thiazole rings is 1. The molecular weight excluding hydrogens is 522 g/mol. The third kappa shape index (κ3) is 8.16. The summed E-state index contributed by atoms with van der Waals surface area (Å²) in [6, 6.07) is 14.1. The Morgan fingerprint density at radius 2 is 1.80 bits per heavy atom. The molecule has 1 amide bonds. The molecule has 3 aromatic heterocycles. The summed E-state index contributed by atoms with van der Waals surface area (Å²) in [5.74, 6) is 0.520. The van der Waals surface area contributed by atoms with Crippen LogP contribution in [0.3, 0.4) is 0 Å². The monoisotopic (exact) mass is 559 g/mol. The first-order valence-corrected chi connectivity index (χ1v) is 14.3. The lowest BCUT2D eigenvalue weighted by atomic mass is 9.92. The normalized spacial score (nSPS) is 11.5. The highest BCUT2D eigenvalue weighted by Gasteiger charge is 2.22. The second kappa shape index (κ2) is 13.1. The zero-order chi connectivity index (χ0) is 28.7. The molecule has 4 aromatic rings. The molecule has 0 radical (unpaired) electrons. The van der Waals surface area contributed by atoms with Crippen LogP contribution in [0.2, 0.25) is 0 Å². The van der Waals surface area contributed by atoms with Crippen molar-refractivity contribution >= 4 is 28.8 Å². The maximum atomic E-state index is 13.1. The molecule has 40 heavy (non-hydrogen) atoms. The molecule has 0 saturated heterocycles. The molecule has 0 atom stereocenters. The van der Waals surface area contributed by atoms with Gasteiger partial charge in [0.25, 0.3) is 0 Å². The van der Waals surface area contributed by atoms with Crippen molar-refractivity contribution in [1.82, 2.24) is 19.7 Å². The van der Waals surface area contributed by atoms with E-state index in [0.717, 1.165) is 45.4 Å². The SMILES string of the molecule is COCCC(=O)Nc1cc(CCc2cnc(CC(=O)Cc3cc(C(C)(C)C)nn3-c3ccc(C)cc3)s2)ccn1. The largest absolute Gasteiger partial charge is 0.384 e. The maximum absolute atomic E-state index is 13.1. The van der Waals surface area contributed by atoms with E-state index in [0.29, 0.717) is 25.3 Å². The maximum Gasteiger partial charge on any atom is 0.227 e. The number of aryl methyl sites for hydroxylation is 3. The van der Waals surface area contributed by atoms with Gasteiger partial charge in [-0.2, -0.15) is 5.10 Å². The molecule has 1 aromatic carbocycles. The fourth-order valence-corrected chi connectivity index (χ4v) is 5.12. The highest BCUT2D eigenvalue weighted by Crippen LogP contribution is 2.25. The molecule has 9 heteroatoms. The van der Waals surface area contributed by atoms with Crippen molar-refractivity contribution in [3.8, 4) is 5.69 Å². The number of nitrogens with one attached hydrogen (secondary N) is 1. The van der Waals surface area contributed by atoms with Crippen LogP contribution in [0.1, 0.15) is 59.6 Å². The predicted molar refractivity (Wildman–Crippen MR) is 158 cm³/mol. The van der Waals surface area contributed by atoms with Gasteiger partial charge in [-0.15, -0.1) is 11.3 Å². The summed E-state index contributed by atoms with van der Waals surface area (Å²) in [7, 11) is 1.57. The molecular formula is C31H37N5O3S. The Morgan fingerprint density at radius 1 is 1.02 bits per heavy atom. The molecule has 0 fully saturated rings. The minimum atomic E-state index is -0.125. The first kappa shape index (κ1) is 29.3. The van der Waals surface area contributed by atoms with Gasteiger partial charge in [0.05, 0.1) is 36.5 Å². The van der Waals surface area contributed by atoms with E-state index in [1.807, 2.05) is 41.2 Å². The van der Waals surface area contributed by atoms with Crippen LogP contribution >= 0.6 is 11.3 Å². The van der Waals surface area contributed by atoms with Crippen LogP contribution in [0.15, 0.2) is 54.9 Å². The number of benzene rings is 1. The number of nitrogens with zero attached hydrogens (tertiary/aromatic N) is 4. The van der Waals surface area contributed by atoms with Gasteiger partial charge in [-0.05, 0) is 55.7 Å². The topological polar surface area (TPSA) is 99.0 Å². The second-order valence-electron chi connectivity index (χ2n) is 11.0. The number of ketones is 1. The van der Waals surface area contributed by atoms with Crippen molar-refractivity contribution in [2.75, 3.05) is 19.0 Å². The molecule has 8 nitrogen and oxygen atoms in total. The van der Waals surface area contributed by atoms with Gasteiger partial charge in [0.15, 0.2) is 0 Å². The van der Waals surface area contributed by atoms with E-state index in [4.69, 9.17) is 9.84 Å². The van der Waals surface area contributed by atoms with Crippen molar-refractivity contribution in [2.45, 2.75) is 65.2 Å². The summed E-state index contributed by atoms with van der Waals surface area (Å²) in [6.07, 6.45) is 6.01. The zero-order valence-electron chi connectivity index (χ0n) is 23.9. The number of pyridine rings is 1. The fraction of sp³-hybridized carbons (Fsp3) is 0.387. The van der Waals surface area contributed by atoms with Gasteiger partial charge in [0.2, 0.25) is 5.91 Å². The standard InChI is InChI=1S/C31H37N5O3S/c1-21-6-9-23(10-7-21)36-24(18-27(35-36)31(2,3)4)17-25(37)19-30-33-20-26(40-30)11-8-22-12-14-32-28(16-22)34-29(38)13-15-39-5/h6-7,9-10,12,14,16,18,20H,8,11,13,15,17,19H2,1-5H3,(H,32,34,38). The van der Waals surface area contributed by atoms with Crippen LogP contribution in [0.25, 0.3) is 5.69 Å². The van der Waals surface area contributed by atoms with Gasteiger partial charge in [-0.25, -0.2) is 14.6 Å². The first-order chi connectivity index (χ1) is 19.1. The van der Waals surface area contributed by atoms with E-state index in [-0.39, 0.29) is 23.5 Å². The van der Waals surface area contributed by atoms with Crippen LogP contribution in [-0.4, -0.2) is 45.2 Å². The van der Waals surface area contributed by atoms with Crippen molar-refractivity contribution in [3.05, 3.63) is 87.3 Å². The number of methoxy groups -OCH3 is 1. The first-order valence-electron chi connectivity index (χ1n) is 13.5. The van der Waals surface area contributed by atoms with Gasteiger partial charge < -0.3 is 10.1 Å². The molecule has 0 aliphatic rings. The van der Waals surface area contributed by atoms with Crippen molar-refractivity contribution < 1.29 is 14.3 Å². The molecule has 0 spiro atoms. The Hall–Kier alpha value is -3.69. The van der Waals surface area contributed by atoms with E-state index < -0.39 is 0 Å². The van der Waals surface area contributed by atoms with Gasteiger partial charge in [0, 0.05) is 36.2 Å². The van der Waals surface area contributed by atoms with E-state index in [1.54, 1.807) is 24.6 Å². The summed E-state index contributed by atoms with van der Waals surface area (Å²) < 4.78 is 6.84. The van der Waals surface area contributed by atoms with Crippen molar-refractivity contribution in [3.63, 3.8) is 0 Å². The number of Topliss-reactive ketones (excluding diaryl/α,β-unsaturated/α-hetero) is 1. The van der Waals surface area contributed by atoms with Gasteiger partial charge >= 0.3 is 0 Å². The van der Waals surface area contributed by atoms with Crippen molar-refractivity contribution in [2.24, 2.45) is 0 Å². The summed E-state index contributed by atoms with van der Waals surface area (Å²) in [5.41, 5.74) is 4.93. The summed E-state index contributed by atoms with van der Waals surface area (Å²) in [5, 5.41) is 8.47. The number of amides is 1. The Labute approximate surface area is 239 Å². The number of ether oxygens (including phenoxy) is 1. The summed E-state index contributed by atoms with van der Waals surface area (Å²) in [4.78, 5) is 35.0. The predicted octanol–water partition coefficient (Wildman–Crippen LogP) is 5.44. The molecule has 210 valence electrons. The van der Waals surface area contributed by atoms with Gasteiger partial charge in [-0.1, -0.05) is 38.5 Å². The van der Waals surface area contributed by atoms with Crippen LogP contribution < -0.4 is 5.32 Å². The lowest BCUT2D eigenvalue weighted by Gasteiger charge is -2.14. The summed E-state index contributed by atoms with van der Waals surface area (Å²) in [6.45, 7) is 8.81. The Bertz CT molecular complexity index is 1450. The van der Waals surface area contributed by atoms with E-state index >= 15 is 0 Å². The highest BCUT2D eigenvalue weighted by molar-refractivity contribution is 7.11. The van der Waals surface area contributed by atoms with E-state index in [1.165, 1.54) is 5.56 Å². The van der Waals surface area contributed by atoms with Crippen LogP contribution in [0, 0.1) is 6.92 Å². The molecule has 1 N–H and O–H groups in total. The molecule has 0 aliphatic heterocycles. The average molecular weight is 560 g/mol. The van der Waals surface area contributed by atoms with Gasteiger partial charge in [-0.3, -0.25) is 9.59 Å². The quantitative estimate of drug-likeness (QED) is 0.248. The van der Waals surface area contributed by atoms with E-state index in [2.05, 4.69) is 55.1 Å². The smallest absolute Gasteiger partial charge is 0.227 e. The van der Waals surface area contributed by atoms with Gasteiger partial charge in [0.1, 0.15) is 16.6 Å². The molecule has 0 unspecified atom stereocenters. The summed E-state index contributed by atoms with van der Waals surface area (Å²) >= 11 is 1.57. The fourth-order valence-electron chi connectivity index (χ4n) is 4.17. The van der Waals surface area contributed by atoms with E-state index in [9.17, 15) is 9.59 Å². The third-order valence-electron chi connectivity index (χ3n) is 6.44. The molecule has 0 saturated carbocycles. The Morgan fingerprint density at radius 3 is 2.52 bits per heavy atom. The van der Waals surface area contributed by atoms with Crippen molar-refractivity contribution in [1.29, 1.82) is 0 Å². The number of aromatic nitrogens is 4. The molecule has 0 bridgehead atoms. The number of rotatable bonds is 12. The van der Waals surface area contributed by atoms with Crippen LogP contribution in [0.5, 0.6) is 0 Å². The lowest BCUT2D eigenvalue weighted by molar-refractivity contribution is -0.118. The number of carbonyl (C=O) groups excluding carboxylic acids is 2. The molecule has 4 rings (SSSR count). The van der Waals surface area contributed by atoms with Crippen LogP contribution in [-0.2, 0) is 45.4 Å². The minimum Gasteiger partial charge on any atom is -0.384 e. The minimum absolute atomic E-state index is 0.109. The number of hydrogen-bond donors (Lipinski definition) is 1. The third-order valence-corrected chi connectivity index (χ3v) is 7.50. The Balaban J connectivity index is 1.37. The average Bonchev–Trinajstić information content (AvgIpc) is 3.54. The zero-order valence-corrected chi connectivity index (χ0v) is 24.7. The molecule has 0 aliphatic carbocycles. The molecule has 3 heterocycles. The number of anilines is 1. The number of carbonyl (C=O) groups is 2. The lowest BCUT2D eigenvalue weighted by Crippen LogP contribution is -2.14. The highest BCUT2D eigenvalue weighted by atomic mass is 32.1. The second-order valence-corrected chi connectivity index (χ2v) is 12.2. The number of hydrogen-bond acceptors (Lipinski definition) is 7. The Kier molecular flexibility index (Phi) is 9.60. The van der Waals surface area contributed by atoms with Crippen LogP contribution in [0.4, 0.5) is 5.82 Å².